The third kappa shape index (κ3) is 4.13. The lowest BCUT2D eigenvalue weighted by Gasteiger charge is -2.49. The molecule has 1 fully saturated rings. The van der Waals surface area contributed by atoms with E-state index in [0.717, 1.165) is 23.2 Å². The normalized spacial score (nSPS) is 17.8. The number of hydrogen-bond acceptors (Lipinski definition) is 4. The predicted octanol–water partition coefficient (Wildman–Crippen LogP) is 2.42. The summed E-state index contributed by atoms with van der Waals surface area (Å²) in [5.74, 6) is 0.873. The van der Waals surface area contributed by atoms with Gasteiger partial charge in [-0.25, -0.2) is 4.98 Å². The molecule has 1 aliphatic rings. The van der Waals surface area contributed by atoms with E-state index in [1.54, 1.807) is 18.4 Å². The summed E-state index contributed by atoms with van der Waals surface area (Å²) in [5, 5.41) is 5.36. The van der Waals surface area contributed by atoms with E-state index in [4.69, 9.17) is 0 Å². The van der Waals surface area contributed by atoms with Gasteiger partial charge in [0.2, 0.25) is 5.91 Å². The molecule has 0 aromatic carbocycles. The van der Waals surface area contributed by atoms with Gasteiger partial charge in [-0.1, -0.05) is 0 Å². The Hall–Kier alpha value is -1.36. The van der Waals surface area contributed by atoms with Crippen LogP contribution in [0.2, 0.25) is 0 Å². The number of halogens is 1. The minimum Gasteiger partial charge on any atom is -0.351 e. The molecule has 0 spiro atoms. The third-order valence-electron chi connectivity index (χ3n) is 4.42. The van der Waals surface area contributed by atoms with E-state index in [9.17, 15) is 4.79 Å². The molecule has 3 rings (SSSR count). The molecular formula is C17H27IN6OS. The quantitative estimate of drug-likeness (QED) is 0.408. The Morgan fingerprint density at radius 1 is 1.46 bits per heavy atom. The van der Waals surface area contributed by atoms with Crippen molar-refractivity contribution in [2.24, 2.45) is 4.99 Å². The third-order valence-corrected chi connectivity index (χ3v) is 5.19. The highest BCUT2D eigenvalue weighted by molar-refractivity contribution is 14.0. The van der Waals surface area contributed by atoms with Crippen LogP contribution in [0.4, 0.5) is 0 Å². The molecule has 144 valence electrons. The van der Waals surface area contributed by atoms with Crippen LogP contribution in [-0.4, -0.2) is 62.8 Å². The van der Waals surface area contributed by atoms with Crippen LogP contribution in [0.5, 0.6) is 0 Å². The summed E-state index contributed by atoms with van der Waals surface area (Å²) in [6, 6.07) is 0.193. The lowest BCUT2D eigenvalue weighted by molar-refractivity contribution is -0.145. The van der Waals surface area contributed by atoms with Crippen molar-refractivity contribution in [3.8, 4) is 0 Å². The molecule has 1 N–H and O–H groups in total. The molecule has 26 heavy (non-hydrogen) atoms. The fraction of sp³-hybridized carbons (Fsp3) is 0.588. The Morgan fingerprint density at radius 2 is 2.19 bits per heavy atom. The van der Waals surface area contributed by atoms with Crippen LogP contribution in [-0.2, 0) is 11.3 Å². The van der Waals surface area contributed by atoms with Gasteiger partial charge in [-0.05, 0) is 27.7 Å². The zero-order valence-electron chi connectivity index (χ0n) is 15.9. The Bertz CT molecular complexity index is 768. The number of imidazole rings is 1. The molecule has 1 saturated heterocycles. The summed E-state index contributed by atoms with van der Waals surface area (Å²) < 4.78 is 2.01. The number of carbonyl (C=O) groups excluding carboxylic acids is 1. The van der Waals surface area contributed by atoms with E-state index in [2.05, 4.69) is 43.0 Å². The fourth-order valence-corrected chi connectivity index (χ4v) is 4.40. The first kappa shape index (κ1) is 20.9. The van der Waals surface area contributed by atoms with Gasteiger partial charge in [0.25, 0.3) is 0 Å². The van der Waals surface area contributed by atoms with Gasteiger partial charge in [0, 0.05) is 37.4 Å². The second kappa shape index (κ2) is 8.12. The lowest BCUT2D eigenvalue weighted by Crippen LogP contribution is -2.66. The van der Waals surface area contributed by atoms with Crippen LogP contribution in [0.25, 0.3) is 4.96 Å². The summed E-state index contributed by atoms with van der Waals surface area (Å²) in [6.07, 6.45) is 4.01. The minimum atomic E-state index is -0.238. The van der Waals surface area contributed by atoms with Gasteiger partial charge in [0.05, 0.1) is 24.3 Å². The van der Waals surface area contributed by atoms with Crippen molar-refractivity contribution in [3.05, 3.63) is 23.5 Å². The molecule has 0 atom stereocenters. The summed E-state index contributed by atoms with van der Waals surface area (Å²) in [7, 11) is 1.75. The number of nitrogens with one attached hydrogen (secondary N) is 1. The maximum absolute atomic E-state index is 12.6. The highest BCUT2D eigenvalue weighted by Crippen LogP contribution is 2.24. The van der Waals surface area contributed by atoms with Crippen LogP contribution in [0.1, 0.15) is 33.4 Å². The number of fused-ring (bicyclic) bond motifs is 1. The van der Waals surface area contributed by atoms with Crippen LogP contribution >= 0.6 is 35.3 Å². The number of piperazine rings is 1. The van der Waals surface area contributed by atoms with Crippen LogP contribution in [0.3, 0.4) is 0 Å². The van der Waals surface area contributed by atoms with Gasteiger partial charge < -0.3 is 15.1 Å². The molecule has 9 heteroatoms. The first-order chi connectivity index (χ1) is 11.8. The minimum absolute atomic E-state index is 0. The number of nitrogens with zero attached hydrogens (tertiary/aromatic N) is 5. The molecule has 1 amide bonds. The Labute approximate surface area is 175 Å². The summed E-state index contributed by atoms with van der Waals surface area (Å²) >= 11 is 1.61. The van der Waals surface area contributed by atoms with Gasteiger partial charge in [0.15, 0.2) is 10.9 Å². The second-order valence-electron chi connectivity index (χ2n) is 7.25. The number of aliphatic imine (C=N–C) groups is 1. The van der Waals surface area contributed by atoms with Crippen molar-refractivity contribution in [2.45, 2.75) is 45.8 Å². The van der Waals surface area contributed by atoms with Crippen molar-refractivity contribution < 1.29 is 4.79 Å². The van der Waals surface area contributed by atoms with Crippen molar-refractivity contribution >= 4 is 52.1 Å². The van der Waals surface area contributed by atoms with Gasteiger partial charge >= 0.3 is 0 Å². The molecule has 0 saturated carbocycles. The molecule has 0 unspecified atom stereocenters. The zero-order chi connectivity index (χ0) is 18.2. The summed E-state index contributed by atoms with van der Waals surface area (Å²) in [4.78, 5) is 26.5. The average Bonchev–Trinajstić information content (AvgIpc) is 3.06. The molecule has 2 aromatic heterocycles. The van der Waals surface area contributed by atoms with Crippen molar-refractivity contribution in [1.82, 2.24) is 24.5 Å². The number of rotatable bonds is 3. The molecule has 0 aliphatic carbocycles. The number of thiazole rings is 1. The van der Waals surface area contributed by atoms with Crippen LogP contribution in [0, 0.1) is 0 Å². The van der Waals surface area contributed by atoms with E-state index in [1.807, 2.05) is 32.0 Å². The topological polar surface area (TPSA) is 65.2 Å². The zero-order valence-corrected chi connectivity index (χ0v) is 19.0. The number of amides is 1. The van der Waals surface area contributed by atoms with Crippen molar-refractivity contribution in [3.63, 3.8) is 0 Å². The van der Waals surface area contributed by atoms with E-state index in [0.29, 0.717) is 13.1 Å². The maximum atomic E-state index is 12.6. The average molecular weight is 490 g/mol. The standard InChI is InChI=1S/C17H26N6OS.HI/c1-12(2)23-14(24)10-22(11-17(23,3)4)15(18-5)19-8-13-9-21-6-7-25-16(21)20-13;/h6-7,9,12H,8,10-11H2,1-5H3,(H,18,19);1H. The highest BCUT2D eigenvalue weighted by Gasteiger charge is 2.40. The van der Waals surface area contributed by atoms with E-state index in [-0.39, 0.29) is 41.5 Å². The Balaban J connectivity index is 0.00000243. The maximum Gasteiger partial charge on any atom is 0.242 e. The number of aromatic nitrogens is 2. The number of hydrogen-bond donors (Lipinski definition) is 1. The molecule has 7 nitrogen and oxygen atoms in total. The summed E-state index contributed by atoms with van der Waals surface area (Å²) in [6.45, 7) is 10.0. The molecule has 3 heterocycles. The lowest BCUT2D eigenvalue weighted by atomic mass is 9.96. The molecule has 2 aromatic rings. The van der Waals surface area contributed by atoms with E-state index >= 15 is 0 Å². The van der Waals surface area contributed by atoms with Gasteiger partial charge in [-0.15, -0.1) is 35.3 Å². The number of carbonyl (C=O) groups is 1. The first-order valence-corrected chi connectivity index (χ1v) is 9.38. The second-order valence-corrected chi connectivity index (χ2v) is 8.12. The molecule has 1 aliphatic heterocycles. The fourth-order valence-electron chi connectivity index (χ4n) is 3.68. The monoisotopic (exact) mass is 490 g/mol. The van der Waals surface area contributed by atoms with Crippen LogP contribution in [0.15, 0.2) is 22.8 Å². The number of guanidine groups is 1. The molecular weight excluding hydrogens is 463 g/mol. The van der Waals surface area contributed by atoms with Crippen molar-refractivity contribution in [1.29, 1.82) is 0 Å². The highest BCUT2D eigenvalue weighted by atomic mass is 127. The summed E-state index contributed by atoms with van der Waals surface area (Å²) in [5.41, 5.74) is 0.720. The largest absolute Gasteiger partial charge is 0.351 e. The van der Waals surface area contributed by atoms with E-state index in [1.165, 1.54) is 0 Å². The molecule has 0 radical (unpaired) electrons. The van der Waals surface area contributed by atoms with Gasteiger partial charge in [-0.2, -0.15) is 0 Å². The Kier molecular flexibility index (Phi) is 6.54. The van der Waals surface area contributed by atoms with Crippen molar-refractivity contribution in [2.75, 3.05) is 20.1 Å². The first-order valence-electron chi connectivity index (χ1n) is 8.50. The van der Waals surface area contributed by atoms with E-state index < -0.39 is 0 Å². The molecule has 0 bridgehead atoms. The van der Waals surface area contributed by atoms with Gasteiger partial charge in [-0.3, -0.25) is 14.2 Å². The smallest absolute Gasteiger partial charge is 0.242 e. The SMILES string of the molecule is CN=C(NCc1cn2ccsc2n1)N1CC(=O)N(C(C)C)C(C)(C)C1.I. The predicted molar refractivity (Wildman–Crippen MR) is 116 cm³/mol. The Morgan fingerprint density at radius 3 is 2.77 bits per heavy atom. The van der Waals surface area contributed by atoms with Crippen LogP contribution < -0.4 is 5.32 Å². The van der Waals surface area contributed by atoms with Gasteiger partial charge in [0.1, 0.15) is 0 Å².